The van der Waals surface area contributed by atoms with Crippen molar-refractivity contribution in [2.24, 2.45) is 5.73 Å². The Hall–Kier alpha value is -1.23. The maximum absolute atomic E-state index is 12.4. The van der Waals surface area contributed by atoms with Gasteiger partial charge in [0.15, 0.2) is 0 Å². The minimum atomic E-state index is -2.86. The van der Waals surface area contributed by atoms with Crippen molar-refractivity contribution in [2.45, 2.75) is 13.3 Å². The molecular formula is C8H7ClF2N2O. The predicted octanol–water partition coefficient (Wildman–Crippen LogP) is 2.08. The van der Waals surface area contributed by atoms with Crippen molar-refractivity contribution in [3.63, 3.8) is 0 Å². The monoisotopic (exact) mass is 220 g/mol. The van der Waals surface area contributed by atoms with Gasteiger partial charge in [0.2, 0.25) is 5.91 Å². The molecule has 1 heterocycles. The molecule has 0 spiro atoms. The van der Waals surface area contributed by atoms with Crippen LogP contribution in [0.25, 0.3) is 0 Å². The van der Waals surface area contributed by atoms with E-state index in [9.17, 15) is 13.6 Å². The number of rotatable bonds is 2. The maximum Gasteiger partial charge on any atom is 0.267 e. The number of primary amides is 1. The molecule has 0 aliphatic rings. The first-order chi connectivity index (χ1) is 6.43. The van der Waals surface area contributed by atoms with Gasteiger partial charge < -0.3 is 5.73 Å². The number of carbonyl (C=O) groups excluding carboxylic acids is 1. The lowest BCUT2D eigenvalue weighted by Crippen LogP contribution is -2.15. The molecule has 76 valence electrons. The summed E-state index contributed by atoms with van der Waals surface area (Å²) in [7, 11) is 0. The number of hydrogen-bond donors (Lipinski definition) is 1. The zero-order valence-electron chi connectivity index (χ0n) is 7.22. The van der Waals surface area contributed by atoms with Gasteiger partial charge in [0, 0.05) is 5.69 Å². The molecule has 6 heteroatoms. The average Bonchev–Trinajstić information content (AvgIpc) is 2.01. The summed E-state index contributed by atoms with van der Waals surface area (Å²) in [4.78, 5) is 14.4. The molecule has 0 saturated carbocycles. The topological polar surface area (TPSA) is 56.0 Å². The number of carbonyl (C=O) groups is 1. The van der Waals surface area contributed by atoms with Crippen LogP contribution in [0.3, 0.4) is 0 Å². The van der Waals surface area contributed by atoms with E-state index in [1.165, 1.54) is 13.0 Å². The van der Waals surface area contributed by atoms with Crippen molar-refractivity contribution in [3.8, 4) is 0 Å². The fourth-order valence-electron chi connectivity index (χ4n) is 1.06. The quantitative estimate of drug-likeness (QED) is 0.776. The van der Waals surface area contributed by atoms with Crippen LogP contribution in [0.2, 0.25) is 5.15 Å². The molecule has 1 rings (SSSR count). The van der Waals surface area contributed by atoms with Gasteiger partial charge in [-0.25, -0.2) is 13.8 Å². The minimum Gasteiger partial charge on any atom is -0.366 e. The molecule has 1 aromatic rings. The van der Waals surface area contributed by atoms with Crippen molar-refractivity contribution >= 4 is 17.5 Å². The van der Waals surface area contributed by atoms with Crippen LogP contribution in [0.5, 0.6) is 0 Å². The lowest BCUT2D eigenvalue weighted by atomic mass is 10.1. The number of nitrogens with zero attached hydrogens (tertiary/aromatic N) is 1. The Bertz CT molecular complexity index is 382. The second-order valence-corrected chi connectivity index (χ2v) is 3.04. The first kappa shape index (κ1) is 10.8. The van der Waals surface area contributed by atoms with Crippen LogP contribution < -0.4 is 5.73 Å². The van der Waals surface area contributed by atoms with Crippen LogP contribution >= 0.6 is 11.6 Å². The van der Waals surface area contributed by atoms with Crippen molar-refractivity contribution in [1.29, 1.82) is 0 Å². The van der Waals surface area contributed by atoms with Gasteiger partial charge in [-0.3, -0.25) is 4.79 Å². The summed E-state index contributed by atoms with van der Waals surface area (Å²) in [5.41, 5.74) is 4.41. The molecular weight excluding hydrogens is 214 g/mol. The van der Waals surface area contributed by atoms with Crippen molar-refractivity contribution in [1.82, 2.24) is 4.98 Å². The number of amides is 1. The molecule has 1 aromatic heterocycles. The summed E-state index contributed by atoms with van der Waals surface area (Å²) in [5.74, 6) is -0.937. The fraction of sp³-hybridized carbons (Fsp3) is 0.250. The molecule has 0 aliphatic carbocycles. The lowest BCUT2D eigenvalue weighted by Gasteiger charge is -2.08. The first-order valence-corrected chi connectivity index (χ1v) is 4.06. The van der Waals surface area contributed by atoms with Crippen molar-refractivity contribution < 1.29 is 13.6 Å². The fourth-order valence-corrected chi connectivity index (χ4v) is 1.37. The number of nitrogens with two attached hydrogens (primary N) is 1. The SMILES string of the molecule is Cc1cc(C(N)=O)c(C(F)F)c(Cl)n1. The van der Waals surface area contributed by atoms with Gasteiger partial charge in [-0.15, -0.1) is 0 Å². The number of aromatic nitrogens is 1. The van der Waals surface area contributed by atoms with Gasteiger partial charge in [-0.05, 0) is 13.0 Å². The summed E-state index contributed by atoms with van der Waals surface area (Å²) in [5, 5.41) is -0.381. The van der Waals surface area contributed by atoms with E-state index < -0.39 is 17.9 Å². The normalized spacial score (nSPS) is 10.6. The van der Waals surface area contributed by atoms with Crippen molar-refractivity contribution in [3.05, 3.63) is 28.0 Å². The summed E-state index contributed by atoms with van der Waals surface area (Å²) >= 11 is 5.47. The van der Waals surface area contributed by atoms with Gasteiger partial charge in [0.05, 0.1) is 11.1 Å². The van der Waals surface area contributed by atoms with Crippen molar-refractivity contribution in [2.75, 3.05) is 0 Å². The van der Waals surface area contributed by atoms with Crippen LogP contribution in [0, 0.1) is 6.92 Å². The lowest BCUT2D eigenvalue weighted by molar-refractivity contribution is 0.0985. The number of alkyl halides is 2. The number of halogens is 3. The molecule has 0 bridgehead atoms. The van der Waals surface area contributed by atoms with E-state index in [0.717, 1.165) is 0 Å². The second kappa shape index (κ2) is 3.88. The molecule has 0 aliphatic heterocycles. The summed E-state index contributed by atoms with van der Waals surface area (Å²) < 4.78 is 24.9. The van der Waals surface area contributed by atoms with Crippen LogP contribution in [0.4, 0.5) is 8.78 Å². The summed E-state index contributed by atoms with van der Waals surface area (Å²) in [6.45, 7) is 1.54. The zero-order chi connectivity index (χ0) is 10.9. The molecule has 14 heavy (non-hydrogen) atoms. The number of aryl methyl sites for hydroxylation is 1. The van der Waals surface area contributed by atoms with E-state index in [2.05, 4.69) is 4.98 Å². The molecule has 0 fully saturated rings. The molecule has 0 aromatic carbocycles. The smallest absolute Gasteiger partial charge is 0.267 e. The van der Waals surface area contributed by atoms with Gasteiger partial charge in [-0.1, -0.05) is 11.6 Å². The Labute approximate surface area is 83.9 Å². The molecule has 0 saturated heterocycles. The Balaban J connectivity index is 3.44. The maximum atomic E-state index is 12.4. The van der Waals surface area contributed by atoms with Gasteiger partial charge in [-0.2, -0.15) is 0 Å². The Morgan fingerprint density at radius 3 is 2.64 bits per heavy atom. The zero-order valence-corrected chi connectivity index (χ0v) is 7.98. The van der Waals surface area contributed by atoms with E-state index in [-0.39, 0.29) is 10.7 Å². The molecule has 0 unspecified atom stereocenters. The highest BCUT2D eigenvalue weighted by molar-refractivity contribution is 6.30. The number of pyridine rings is 1. The van der Waals surface area contributed by atoms with E-state index >= 15 is 0 Å². The van der Waals surface area contributed by atoms with Gasteiger partial charge >= 0.3 is 0 Å². The van der Waals surface area contributed by atoms with Gasteiger partial charge in [0.25, 0.3) is 6.43 Å². The molecule has 3 nitrogen and oxygen atoms in total. The molecule has 0 atom stereocenters. The Kier molecular flexibility index (Phi) is 3.00. The highest BCUT2D eigenvalue weighted by Gasteiger charge is 2.21. The van der Waals surface area contributed by atoms with E-state index in [4.69, 9.17) is 17.3 Å². The highest BCUT2D eigenvalue weighted by Crippen LogP contribution is 2.29. The van der Waals surface area contributed by atoms with E-state index in [1.807, 2.05) is 0 Å². The van der Waals surface area contributed by atoms with Crippen LogP contribution in [0.1, 0.15) is 28.0 Å². The van der Waals surface area contributed by atoms with Crippen LogP contribution in [0.15, 0.2) is 6.07 Å². The summed E-state index contributed by atoms with van der Waals surface area (Å²) in [6, 6.07) is 1.19. The van der Waals surface area contributed by atoms with E-state index in [0.29, 0.717) is 5.69 Å². The Morgan fingerprint density at radius 1 is 1.64 bits per heavy atom. The third-order valence-corrected chi connectivity index (χ3v) is 1.91. The molecule has 1 amide bonds. The largest absolute Gasteiger partial charge is 0.366 e. The Morgan fingerprint density at radius 2 is 2.21 bits per heavy atom. The average molecular weight is 221 g/mol. The predicted molar refractivity (Wildman–Crippen MR) is 47.5 cm³/mol. The van der Waals surface area contributed by atoms with E-state index in [1.54, 1.807) is 0 Å². The standard InChI is InChI=1S/C8H7ClF2N2O/c1-3-2-4(8(12)14)5(7(10)11)6(9)13-3/h2,7H,1H3,(H2,12,14). The van der Waals surface area contributed by atoms with Crippen LogP contribution in [-0.4, -0.2) is 10.9 Å². The first-order valence-electron chi connectivity index (χ1n) is 3.68. The van der Waals surface area contributed by atoms with Crippen LogP contribution in [-0.2, 0) is 0 Å². The summed E-state index contributed by atoms with van der Waals surface area (Å²) in [6.07, 6.45) is -2.86. The molecule has 0 radical (unpaired) electrons. The third-order valence-electron chi connectivity index (χ3n) is 1.62. The minimum absolute atomic E-state index is 0.280. The molecule has 2 N–H and O–H groups in total. The second-order valence-electron chi connectivity index (χ2n) is 2.68. The van der Waals surface area contributed by atoms with Gasteiger partial charge in [0.1, 0.15) is 5.15 Å². The highest BCUT2D eigenvalue weighted by atomic mass is 35.5. The number of hydrogen-bond acceptors (Lipinski definition) is 2. The third kappa shape index (κ3) is 1.98.